The molecule has 0 aliphatic carbocycles. The number of thiazole rings is 1. The fourth-order valence-corrected chi connectivity index (χ4v) is 3.12. The van der Waals surface area contributed by atoms with Crippen molar-refractivity contribution in [1.82, 2.24) is 4.98 Å². The zero-order chi connectivity index (χ0) is 17.8. The summed E-state index contributed by atoms with van der Waals surface area (Å²) in [4.78, 5) is 28.6. The van der Waals surface area contributed by atoms with Crippen molar-refractivity contribution in [3.8, 4) is 0 Å². The molecule has 5 nitrogen and oxygen atoms in total. The van der Waals surface area contributed by atoms with Gasteiger partial charge >= 0.3 is 0 Å². The minimum Gasteiger partial charge on any atom is -0.321 e. The molecule has 0 bridgehead atoms. The fraction of sp³-hybridized carbons (Fsp3) is 0.105. The third-order valence-electron chi connectivity index (χ3n) is 3.47. The number of hydrogen-bond donors (Lipinski definition) is 2. The molecule has 126 valence electrons. The zero-order valence-electron chi connectivity index (χ0n) is 13.9. The lowest BCUT2D eigenvalue weighted by molar-refractivity contribution is 0.101. The second kappa shape index (κ2) is 7.27. The van der Waals surface area contributed by atoms with E-state index in [1.807, 2.05) is 38.1 Å². The van der Waals surface area contributed by atoms with E-state index in [2.05, 4.69) is 15.6 Å². The quantitative estimate of drug-likeness (QED) is 0.737. The number of aromatic nitrogens is 1. The molecule has 2 N–H and O–H groups in total. The summed E-state index contributed by atoms with van der Waals surface area (Å²) in [5, 5.41) is 7.55. The number of amides is 2. The van der Waals surface area contributed by atoms with Gasteiger partial charge in [0.1, 0.15) is 5.69 Å². The summed E-state index contributed by atoms with van der Waals surface area (Å²) in [5.74, 6) is -0.558. The van der Waals surface area contributed by atoms with Gasteiger partial charge in [0.05, 0.1) is 0 Å². The number of hydrogen-bond acceptors (Lipinski definition) is 4. The summed E-state index contributed by atoms with van der Waals surface area (Å²) in [6.45, 7) is 3.95. The minimum absolute atomic E-state index is 0.254. The molecular weight excluding hydrogens is 334 g/mol. The van der Waals surface area contributed by atoms with Crippen LogP contribution in [0, 0.1) is 13.8 Å². The Kier molecular flexibility index (Phi) is 4.90. The number of rotatable bonds is 4. The van der Waals surface area contributed by atoms with Gasteiger partial charge in [-0.2, -0.15) is 0 Å². The number of nitrogens with one attached hydrogen (secondary N) is 2. The lowest BCUT2D eigenvalue weighted by Gasteiger charge is -2.06. The standard InChI is InChI=1S/C19H17N3O2S/c1-12-8-13(2)10-15(9-12)20-18(24)16-11-25-19(21-16)22-17(23)14-6-4-3-5-7-14/h3-11H,1-2H3,(H,20,24)(H,21,22,23). The second-order valence-corrected chi connectivity index (χ2v) is 6.55. The Hall–Kier alpha value is -2.99. The number of aryl methyl sites for hydroxylation is 2. The average molecular weight is 351 g/mol. The summed E-state index contributed by atoms with van der Waals surface area (Å²) >= 11 is 1.21. The van der Waals surface area contributed by atoms with E-state index in [1.165, 1.54) is 11.3 Å². The monoisotopic (exact) mass is 351 g/mol. The van der Waals surface area contributed by atoms with E-state index < -0.39 is 0 Å². The Morgan fingerprint density at radius 2 is 1.60 bits per heavy atom. The van der Waals surface area contributed by atoms with Crippen molar-refractivity contribution in [2.24, 2.45) is 0 Å². The fourth-order valence-electron chi connectivity index (χ4n) is 2.44. The van der Waals surface area contributed by atoms with Gasteiger partial charge in [-0.25, -0.2) is 4.98 Å². The summed E-state index contributed by atoms with van der Waals surface area (Å²) in [5.41, 5.74) is 3.69. The van der Waals surface area contributed by atoms with Crippen molar-refractivity contribution in [1.29, 1.82) is 0 Å². The van der Waals surface area contributed by atoms with Crippen LogP contribution in [-0.4, -0.2) is 16.8 Å². The molecule has 25 heavy (non-hydrogen) atoms. The van der Waals surface area contributed by atoms with Crippen molar-refractivity contribution in [3.63, 3.8) is 0 Å². The van der Waals surface area contributed by atoms with Crippen LogP contribution in [0.5, 0.6) is 0 Å². The summed E-state index contributed by atoms with van der Waals surface area (Å²) in [6.07, 6.45) is 0. The van der Waals surface area contributed by atoms with E-state index in [0.29, 0.717) is 10.7 Å². The maximum Gasteiger partial charge on any atom is 0.275 e. The second-order valence-electron chi connectivity index (χ2n) is 5.69. The van der Waals surface area contributed by atoms with E-state index in [-0.39, 0.29) is 17.5 Å². The molecule has 0 aliphatic rings. The molecule has 0 spiro atoms. The van der Waals surface area contributed by atoms with Crippen LogP contribution in [0.1, 0.15) is 32.0 Å². The molecule has 3 rings (SSSR count). The first-order valence-corrected chi connectivity index (χ1v) is 8.61. The third kappa shape index (κ3) is 4.30. The van der Waals surface area contributed by atoms with Crippen LogP contribution >= 0.6 is 11.3 Å². The van der Waals surface area contributed by atoms with Gasteiger partial charge in [-0.05, 0) is 49.2 Å². The molecule has 0 saturated heterocycles. The number of carbonyl (C=O) groups is 2. The summed E-state index contributed by atoms with van der Waals surface area (Å²) in [6, 6.07) is 14.7. The van der Waals surface area contributed by atoms with Crippen molar-refractivity contribution in [3.05, 3.63) is 76.3 Å². The molecule has 0 saturated carbocycles. The number of benzene rings is 2. The molecule has 3 aromatic rings. The van der Waals surface area contributed by atoms with Crippen LogP contribution in [0.15, 0.2) is 53.9 Å². The number of carbonyl (C=O) groups excluding carboxylic acids is 2. The smallest absolute Gasteiger partial charge is 0.275 e. The van der Waals surface area contributed by atoms with Gasteiger partial charge in [-0.3, -0.25) is 14.9 Å². The topological polar surface area (TPSA) is 71.1 Å². The molecular formula is C19H17N3O2S. The maximum absolute atomic E-state index is 12.3. The van der Waals surface area contributed by atoms with Gasteiger partial charge in [-0.15, -0.1) is 11.3 Å². The predicted octanol–water partition coefficient (Wildman–Crippen LogP) is 4.26. The largest absolute Gasteiger partial charge is 0.321 e. The van der Waals surface area contributed by atoms with Crippen LogP contribution in [0.4, 0.5) is 10.8 Å². The van der Waals surface area contributed by atoms with Crippen LogP contribution in [0.2, 0.25) is 0 Å². The Morgan fingerprint density at radius 1 is 0.920 bits per heavy atom. The van der Waals surface area contributed by atoms with Crippen molar-refractivity contribution in [2.75, 3.05) is 10.6 Å². The van der Waals surface area contributed by atoms with Crippen LogP contribution < -0.4 is 10.6 Å². The zero-order valence-corrected chi connectivity index (χ0v) is 14.7. The van der Waals surface area contributed by atoms with Crippen molar-refractivity contribution >= 4 is 34.0 Å². The Morgan fingerprint density at radius 3 is 2.28 bits per heavy atom. The first-order valence-electron chi connectivity index (χ1n) is 7.73. The Labute approximate surface area is 149 Å². The lowest BCUT2D eigenvalue weighted by atomic mass is 10.1. The van der Waals surface area contributed by atoms with Crippen molar-refractivity contribution in [2.45, 2.75) is 13.8 Å². The van der Waals surface area contributed by atoms with Crippen LogP contribution in [0.3, 0.4) is 0 Å². The van der Waals surface area contributed by atoms with E-state index in [1.54, 1.807) is 29.6 Å². The summed E-state index contributed by atoms with van der Waals surface area (Å²) in [7, 11) is 0. The van der Waals surface area contributed by atoms with Gasteiger partial charge in [0.25, 0.3) is 11.8 Å². The summed E-state index contributed by atoms with van der Waals surface area (Å²) < 4.78 is 0. The molecule has 2 amide bonds. The molecule has 1 heterocycles. The normalized spacial score (nSPS) is 10.3. The Bertz CT molecular complexity index is 899. The minimum atomic E-state index is -0.304. The first-order chi connectivity index (χ1) is 12.0. The van der Waals surface area contributed by atoms with Crippen LogP contribution in [-0.2, 0) is 0 Å². The highest BCUT2D eigenvalue weighted by atomic mass is 32.1. The third-order valence-corrected chi connectivity index (χ3v) is 4.23. The van der Waals surface area contributed by atoms with E-state index in [9.17, 15) is 9.59 Å². The first kappa shape index (κ1) is 16.9. The highest BCUT2D eigenvalue weighted by Crippen LogP contribution is 2.19. The SMILES string of the molecule is Cc1cc(C)cc(NC(=O)c2csc(NC(=O)c3ccccc3)n2)c1. The van der Waals surface area contributed by atoms with Gasteiger partial charge < -0.3 is 5.32 Å². The maximum atomic E-state index is 12.3. The predicted molar refractivity (Wildman–Crippen MR) is 100 cm³/mol. The number of anilines is 2. The van der Waals surface area contributed by atoms with Crippen LogP contribution in [0.25, 0.3) is 0 Å². The van der Waals surface area contributed by atoms with Gasteiger partial charge in [0.2, 0.25) is 0 Å². The molecule has 0 unspecified atom stereocenters. The van der Waals surface area contributed by atoms with E-state index in [0.717, 1.165) is 16.8 Å². The van der Waals surface area contributed by atoms with E-state index in [4.69, 9.17) is 0 Å². The Balaban J connectivity index is 1.68. The lowest BCUT2D eigenvalue weighted by Crippen LogP contribution is -2.14. The molecule has 0 atom stereocenters. The van der Waals surface area contributed by atoms with Gasteiger partial charge in [-0.1, -0.05) is 24.3 Å². The molecule has 0 aliphatic heterocycles. The highest BCUT2D eigenvalue weighted by Gasteiger charge is 2.13. The van der Waals surface area contributed by atoms with Gasteiger partial charge in [0, 0.05) is 16.6 Å². The highest BCUT2D eigenvalue weighted by molar-refractivity contribution is 7.14. The molecule has 6 heteroatoms. The molecule has 2 aromatic carbocycles. The molecule has 0 radical (unpaired) electrons. The molecule has 1 aromatic heterocycles. The average Bonchev–Trinajstić information content (AvgIpc) is 3.03. The number of nitrogens with zero attached hydrogens (tertiary/aromatic N) is 1. The molecule has 0 fully saturated rings. The van der Waals surface area contributed by atoms with Gasteiger partial charge in [0.15, 0.2) is 5.13 Å². The van der Waals surface area contributed by atoms with E-state index >= 15 is 0 Å². The van der Waals surface area contributed by atoms with Crippen molar-refractivity contribution < 1.29 is 9.59 Å².